The van der Waals surface area contributed by atoms with Gasteiger partial charge in [-0.25, -0.2) is 17.5 Å². The van der Waals surface area contributed by atoms with Crippen molar-refractivity contribution in [3.8, 4) is 5.69 Å². The van der Waals surface area contributed by atoms with Crippen molar-refractivity contribution < 1.29 is 22.3 Å². The van der Waals surface area contributed by atoms with E-state index in [-0.39, 0.29) is 16.1 Å². The number of hydrogen-bond acceptors (Lipinski definition) is 5. The third kappa shape index (κ3) is 5.03. The van der Waals surface area contributed by atoms with Crippen LogP contribution in [0.4, 0.5) is 10.2 Å². The largest absolute Gasteiger partial charge is 0.379 e. The average Bonchev–Trinajstić information content (AvgIpc) is 3.24. The van der Waals surface area contributed by atoms with Gasteiger partial charge in [-0.05, 0) is 48.5 Å². The monoisotopic (exact) mass is 486 g/mol. The van der Waals surface area contributed by atoms with Crippen LogP contribution in [0, 0.1) is 5.82 Å². The normalized spacial score (nSPS) is 15.3. The van der Waals surface area contributed by atoms with E-state index in [4.69, 9.17) is 4.74 Å². The Morgan fingerprint density at radius 2 is 1.65 bits per heavy atom. The average molecular weight is 487 g/mol. The number of amides is 1. The highest BCUT2D eigenvalue weighted by atomic mass is 32.2. The van der Waals surface area contributed by atoms with Crippen molar-refractivity contribution in [3.63, 3.8) is 0 Å². The highest BCUT2D eigenvalue weighted by molar-refractivity contribution is 7.89. The smallest absolute Gasteiger partial charge is 0.256 e. The van der Waals surface area contributed by atoms with Gasteiger partial charge in [-0.3, -0.25) is 4.79 Å². The molecule has 1 fully saturated rings. The standard InChI is InChI=1S/C24H27FN4O4S/c1-24(2,3)21-16-22(29(27-21)19-8-6-18(25)7-9-19)26-23(30)17-4-10-20(11-5-17)34(31,32)28-12-14-33-15-13-28/h4-11,16H,12-15H2,1-3H3,(H,26,30). The zero-order valence-corrected chi connectivity index (χ0v) is 20.1. The maximum atomic E-state index is 13.4. The molecule has 34 heavy (non-hydrogen) atoms. The first-order chi connectivity index (χ1) is 16.1. The van der Waals surface area contributed by atoms with Gasteiger partial charge in [0.25, 0.3) is 5.91 Å². The number of morpholine rings is 1. The van der Waals surface area contributed by atoms with Crippen LogP contribution in [-0.4, -0.2) is 54.7 Å². The van der Waals surface area contributed by atoms with Gasteiger partial charge in [0.2, 0.25) is 10.0 Å². The maximum absolute atomic E-state index is 13.4. The molecule has 0 bridgehead atoms. The lowest BCUT2D eigenvalue weighted by Crippen LogP contribution is -2.40. The molecule has 1 saturated heterocycles. The van der Waals surface area contributed by atoms with E-state index in [2.05, 4.69) is 10.4 Å². The fourth-order valence-corrected chi connectivity index (χ4v) is 4.93. The molecule has 1 N–H and O–H groups in total. The molecule has 10 heteroatoms. The van der Waals surface area contributed by atoms with Gasteiger partial charge in [0.1, 0.15) is 11.6 Å². The van der Waals surface area contributed by atoms with E-state index in [1.165, 1.54) is 40.7 Å². The summed E-state index contributed by atoms with van der Waals surface area (Å²) in [5.74, 6) is -0.366. The number of aromatic nitrogens is 2. The van der Waals surface area contributed by atoms with Gasteiger partial charge >= 0.3 is 0 Å². The van der Waals surface area contributed by atoms with Crippen molar-refractivity contribution in [1.29, 1.82) is 0 Å². The van der Waals surface area contributed by atoms with E-state index in [9.17, 15) is 17.6 Å². The summed E-state index contributed by atoms with van der Waals surface area (Å²) in [4.78, 5) is 13.1. The molecule has 2 heterocycles. The topological polar surface area (TPSA) is 93.5 Å². The molecular formula is C24H27FN4O4S. The first-order valence-electron chi connectivity index (χ1n) is 10.9. The summed E-state index contributed by atoms with van der Waals surface area (Å²) < 4.78 is 47.2. The van der Waals surface area contributed by atoms with E-state index in [1.54, 1.807) is 22.9 Å². The van der Waals surface area contributed by atoms with Crippen molar-refractivity contribution in [1.82, 2.24) is 14.1 Å². The zero-order chi connectivity index (χ0) is 24.5. The molecule has 8 nitrogen and oxygen atoms in total. The number of anilines is 1. The molecular weight excluding hydrogens is 459 g/mol. The molecule has 0 atom stereocenters. The summed E-state index contributed by atoms with van der Waals surface area (Å²) in [6, 6.07) is 13.4. The van der Waals surface area contributed by atoms with E-state index >= 15 is 0 Å². The van der Waals surface area contributed by atoms with Crippen LogP contribution in [0.2, 0.25) is 0 Å². The molecule has 0 saturated carbocycles. The predicted octanol–water partition coefficient (Wildman–Crippen LogP) is 3.58. The van der Waals surface area contributed by atoms with Crippen LogP contribution in [-0.2, 0) is 20.2 Å². The molecule has 1 aliphatic rings. The van der Waals surface area contributed by atoms with Crippen LogP contribution >= 0.6 is 0 Å². The fraction of sp³-hybridized carbons (Fsp3) is 0.333. The molecule has 1 aromatic heterocycles. The number of carbonyl (C=O) groups excluding carboxylic acids is 1. The number of nitrogens with one attached hydrogen (secondary N) is 1. The number of benzene rings is 2. The van der Waals surface area contributed by atoms with Crippen LogP contribution in [0.5, 0.6) is 0 Å². The van der Waals surface area contributed by atoms with Gasteiger partial charge in [0, 0.05) is 30.1 Å². The number of rotatable bonds is 5. The van der Waals surface area contributed by atoms with Crippen molar-refractivity contribution >= 4 is 21.7 Å². The first kappa shape index (κ1) is 24.1. The number of carbonyl (C=O) groups is 1. The number of halogens is 1. The minimum Gasteiger partial charge on any atom is -0.379 e. The maximum Gasteiger partial charge on any atom is 0.256 e. The Hall–Kier alpha value is -3.08. The van der Waals surface area contributed by atoms with E-state index < -0.39 is 15.9 Å². The summed E-state index contributed by atoms with van der Waals surface area (Å²) in [5.41, 5.74) is 1.36. The molecule has 1 amide bonds. The predicted molar refractivity (Wildman–Crippen MR) is 126 cm³/mol. The van der Waals surface area contributed by atoms with E-state index in [0.717, 1.165) is 5.69 Å². The third-order valence-electron chi connectivity index (χ3n) is 5.51. The lowest BCUT2D eigenvalue weighted by atomic mass is 9.92. The van der Waals surface area contributed by atoms with Crippen molar-refractivity contribution in [2.45, 2.75) is 31.1 Å². The highest BCUT2D eigenvalue weighted by Crippen LogP contribution is 2.27. The number of nitrogens with zero attached hydrogens (tertiary/aromatic N) is 3. The minimum absolute atomic E-state index is 0.123. The molecule has 2 aromatic carbocycles. The molecule has 3 aromatic rings. The van der Waals surface area contributed by atoms with Crippen LogP contribution in [0.25, 0.3) is 5.69 Å². The highest BCUT2D eigenvalue weighted by Gasteiger charge is 2.27. The number of ether oxygens (including phenoxy) is 1. The number of sulfonamides is 1. The van der Waals surface area contributed by atoms with E-state index in [1.807, 2.05) is 20.8 Å². The molecule has 0 spiro atoms. The first-order valence-corrected chi connectivity index (χ1v) is 12.4. The Labute approximate surface area is 198 Å². The molecule has 0 aliphatic carbocycles. The summed E-state index contributed by atoms with van der Waals surface area (Å²) in [7, 11) is -3.65. The summed E-state index contributed by atoms with van der Waals surface area (Å²) >= 11 is 0. The second-order valence-electron chi connectivity index (χ2n) is 9.05. The van der Waals surface area contributed by atoms with Crippen LogP contribution < -0.4 is 5.32 Å². The van der Waals surface area contributed by atoms with Gasteiger partial charge in [-0.15, -0.1) is 0 Å². The van der Waals surface area contributed by atoms with Crippen LogP contribution in [0.15, 0.2) is 59.5 Å². The lowest BCUT2D eigenvalue weighted by molar-refractivity contribution is 0.0730. The summed E-state index contributed by atoms with van der Waals surface area (Å²) in [6.07, 6.45) is 0. The second kappa shape index (κ2) is 9.28. The molecule has 0 radical (unpaired) electrons. The molecule has 0 unspecified atom stereocenters. The van der Waals surface area contributed by atoms with Gasteiger partial charge in [0.15, 0.2) is 0 Å². The van der Waals surface area contributed by atoms with Crippen molar-refractivity contribution in [2.24, 2.45) is 0 Å². The third-order valence-corrected chi connectivity index (χ3v) is 7.43. The van der Waals surface area contributed by atoms with E-state index in [0.29, 0.717) is 43.4 Å². The van der Waals surface area contributed by atoms with Crippen LogP contribution in [0.3, 0.4) is 0 Å². The van der Waals surface area contributed by atoms with Crippen molar-refractivity contribution in [3.05, 3.63) is 71.7 Å². The summed E-state index contributed by atoms with van der Waals surface area (Å²) in [5, 5.41) is 7.46. The SMILES string of the molecule is CC(C)(C)c1cc(NC(=O)c2ccc(S(=O)(=O)N3CCOCC3)cc2)n(-c2ccc(F)cc2)n1. The lowest BCUT2D eigenvalue weighted by Gasteiger charge is -2.26. The van der Waals surface area contributed by atoms with Crippen LogP contribution in [0.1, 0.15) is 36.8 Å². The van der Waals surface area contributed by atoms with Gasteiger partial charge in [0.05, 0.1) is 29.5 Å². The minimum atomic E-state index is -3.65. The number of hydrogen-bond donors (Lipinski definition) is 1. The Bertz CT molecular complexity index is 1270. The van der Waals surface area contributed by atoms with Gasteiger partial charge in [-0.2, -0.15) is 9.40 Å². The van der Waals surface area contributed by atoms with Gasteiger partial charge < -0.3 is 10.1 Å². The fourth-order valence-electron chi connectivity index (χ4n) is 3.52. The second-order valence-corrected chi connectivity index (χ2v) is 11.0. The Morgan fingerprint density at radius 3 is 2.24 bits per heavy atom. The Balaban J connectivity index is 1.59. The zero-order valence-electron chi connectivity index (χ0n) is 19.3. The Kier molecular flexibility index (Phi) is 6.57. The van der Waals surface area contributed by atoms with Crippen molar-refractivity contribution in [2.75, 3.05) is 31.6 Å². The molecule has 180 valence electrons. The Morgan fingerprint density at radius 1 is 1.03 bits per heavy atom. The molecule has 1 aliphatic heterocycles. The quantitative estimate of drug-likeness (QED) is 0.595. The summed E-state index contributed by atoms with van der Waals surface area (Å²) in [6.45, 7) is 7.33. The van der Waals surface area contributed by atoms with Gasteiger partial charge in [-0.1, -0.05) is 20.8 Å². The molecule has 4 rings (SSSR count).